The van der Waals surface area contributed by atoms with Crippen LogP contribution >= 0.6 is 0 Å². The summed E-state index contributed by atoms with van der Waals surface area (Å²) < 4.78 is 28.8. The molecule has 0 saturated carbocycles. The van der Waals surface area contributed by atoms with E-state index in [1.54, 1.807) is 20.9 Å². The molecule has 0 aromatic carbocycles. The second-order valence-corrected chi connectivity index (χ2v) is 9.81. The van der Waals surface area contributed by atoms with Crippen molar-refractivity contribution in [2.75, 3.05) is 32.4 Å². The summed E-state index contributed by atoms with van der Waals surface area (Å²) in [6.07, 6.45) is 0. The molecule has 0 radical (unpaired) electrons. The largest absolute Gasteiger partial charge is 0.361 e. The maximum atomic E-state index is 12.2. The zero-order valence-electron chi connectivity index (χ0n) is 15.4. The number of hydrogen-bond donors (Lipinski definition) is 1. The Labute approximate surface area is 144 Å². The molecule has 1 fully saturated rings. The molecule has 8 heteroatoms. The number of aromatic nitrogens is 1. The molecule has 1 aromatic heterocycles. The van der Waals surface area contributed by atoms with E-state index in [1.165, 1.54) is 0 Å². The lowest BCUT2D eigenvalue weighted by atomic mass is 10.00. The molecule has 24 heavy (non-hydrogen) atoms. The molecule has 2 heterocycles. The summed E-state index contributed by atoms with van der Waals surface area (Å²) in [6.45, 7) is 11.1. The zero-order chi connectivity index (χ0) is 18.1. The Morgan fingerprint density at radius 1 is 1.46 bits per heavy atom. The van der Waals surface area contributed by atoms with Crippen LogP contribution in [-0.2, 0) is 9.84 Å². The van der Waals surface area contributed by atoms with E-state index in [1.807, 2.05) is 18.7 Å². The summed E-state index contributed by atoms with van der Waals surface area (Å²) in [5, 5.41) is 7.36. The van der Waals surface area contributed by atoms with E-state index >= 15 is 0 Å². The molecule has 0 amide bonds. The fourth-order valence-corrected chi connectivity index (χ4v) is 4.56. The van der Waals surface area contributed by atoms with E-state index in [4.69, 9.17) is 4.52 Å². The molecule has 136 valence electrons. The van der Waals surface area contributed by atoms with Gasteiger partial charge < -0.3 is 14.7 Å². The SMILES string of the molecule is CN=C(NCC(C)c1c(C)noc1C)N1CCS(=O)(=O)C(C)(C)C1. The van der Waals surface area contributed by atoms with Gasteiger partial charge in [0.15, 0.2) is 15.8 Å². The molecule has 1 unspecified atom stereocenters. The van der Waals surface area contributed by atoms with Crippen molar-refractivity contribution in [2.24, 2.45) is 4.99 Å². The summed E-state index contributed by atoms with van der Waals surface area (Å²) >= 11 is 0. The van der Waals surface area contributed by atoms with Crippen LogP contribution in [0.1, 0.15) is 43.7 Å². The molecule has 1 N–H and O–H groups in total. The molecule has 1 atom stereocenters. The lowest BCUT2D eigenvalue weighted by Crippen LogP contribution is -2.57. The van der Waals surface area contributed by atoms with E-state index in [-0.39, 0.29) is 11.7 Å². The van der Waals surface area contributed by atoms with Crippen molar-refractivity contribution in [3.8, 4) is 0 Å². The first kappa shape index (κ1) is 18.8. The molecule has 1 aliphatic rings. The Morgan fingerprint density at radius 2 is 2.12 bits per heavy atom. The lowest BCUT2D eigenvalue weighted by molar-refractivity contribution is 0.352. The predicted octanol–water partition coefficient (Wildman–Crippen LogP) is 1.48. The Bertz CT molecular complexity index is 702. The summed E-state index contributed by atoms with van der Waals surface area (Å²) in [4.78, 5) is 6.34. The quantitative estimate of drug-likeness (QED) is 0.652. The molecule has 1 aromatic rings. The molecule has 1 saturated heterocycles. The van der Waals surface area contributed by atoms with E-state index in [9.17, 15) is 8.42 Å². The number of nitrogens with one attached hydrogen (secondary N) is 1. The predicted molar refractivity (Wildman–Crippen MR) is 95.2 cm³/mol. The van der Waals surface area contributed by atoms with Crippen LogP contribution in [0.3, 0.4) is 0 Å². The van der Waals surface area contributed by atoms with Gasteiger partial charge in [-0.1, -0.05) is 12.1 Å². The highest BCUT2D eigenvalue weighted by molar-refractivity contribution is 7.92. The Hall–Kier alpha value is -1.57. The normalized spacial score (nSPS) is 21.6. The maximum Gasteiger partial charge on any atom is 0.193 e. The van der Waals surface area contributed by atoms with E-state index in [0.717, 1.165) is 23.0 Å². The van der Waals surface area contributed by atoms with E-state index < -0.39 is 14.6 Å². The standard InChI is InChI=1S/C16H28N4O3S/c1-11(14-12(2)19-23-13(14)3)9-18-15(17-6)20-7-8-24(21,22)16(4,5)10-20/h11H,7-10H2,1-6H3,(H,17,18). The monoisotopic (exact) mass is 356 g/mol. The minimum atomic E-state index is -3.06. The van der Waals surface area contributed by atoms with Crippen LogP contribution in [0.2, 0.25) is 0 Å². The van der Waals surface area contributed by atoms with Gasteiger partial charge >= 0.3 is 0 Å². The Morgan fingerprint density at radius 3 is 2.62 bits per heavy atom. The van der Waals surface area contributed by atoms with Crippen molar-refractivity contribution < 1.29 is 12.9 Å². The molecule has 1 aliphatic heterocycles. The Kier molecular flexibility index (Phi) is 5.27. The minimum Gasteiger partial charge on any atom is -0.361 e. The average molecular weight is 356 g/mol. The molecule has 0 bridgehead atoms. The fourth-order valence-electron chi connectivity index (χ4n) is 3.20. The summed E-state index contributed by atoms with van der Waals surface area (Å²) in [5.74, 6) is 1.94. The third-order valence-electron chi connectivity index (χ3n) is 4.70. The summed E-state index contributed by atoms with van der Waals surface area (Å²) in [6, 6.07) is 0. The second-order valence-electron chi connectivity index (χ2n) is 7.07. The van der Waals surface area contributed by atoms with Gasteiger partial charge in [-0.2, -0.15) is 0 Å². The number of guanidine groups is 1. The van der Waals surface area contributed by atoms with Gasteiger partial charge in [0, 0.05) is 38.2 Å². The first-order valence-electron chi connectivity index (χ1n) is 8.19. The number of aryl methyl sites for hydroxylation is 2. The van der Waals surface area contributed by atoms with Gasteiger partial charge in [-0.15, -0.1) is 0 Å². The van der Waals surface area contributed by atoms with E-state index in [2.05, 4.69) is 22.4 Å². The van der Waals surface area contributed by atoms with Crippen LogP contribution in [-0.4, -0.2) is 61.6 Å². The first-order chi connectivity index (χ1) is 11.1. The van der Waals surface area contributed by atoms with Gasteiger partial charge in [-0.25, -0.2) is 8.42 Å². The van der Waals surface area contributed by atoms with Gasteiger partial charge in [0.25, 0.3) is 0 Å². The van der Waals surface area contributed by atoms with Crippen LogP contribution in [0.4, 0.5) is 0 Å². The topological polar surface area (TPSA) is 87.8 Å². The highest BCUT2D eigenvalue weighted by Gasteiger charge is 2.41. The van der Waals surface area contributed by atoms with Gasteiger partial charge in [0.2, 0.25) is 0 Å². The minimum absolute atomic E-state index is 0.153. The number of rotatable bonds is 3. The van der Waals surface area contributed by atoms with Crippen molar-refractivity contribution >= 4 is 15.8 Å². The van der Waals surface area contributed by atoms with Crippen LogP contribution in [0, 0.1) is 13.8 Å². The molecular weight excluding hydrogens is 328 g/mol. The highest BCUT2D eigenvalue weighted by atomic mass is 32.2. The first-order valence-corrected chi connectivity index (χ1v) is 9.85. The molecular formula is C16H28N4O3S. The fraction of sp³-hybridized carbons (Fsp3) is 0.750. The third kappa shape index (κ3) is 3.58. The second kappa shape index (κ2) is 6.74. The summed E-state index contributed by atoms with van der Waals surface area (Å²) in [5.41, 5.74) is 2.02. The van der Waals surface area contributed by atoms with Gasteiger partial charge in [-0.05, 0) is 27.7 Å². The smallest absolute Gasteiger partial charge is 0.193 e. The molecule has 2 rings (SSSR count). The number of sulfone groups is 1. The van der Waals surface area contributed by atoms with Crippen molar-refractivity contribution in [1.29, 1.82) is 0 Å². The Balaban J connectivity index is 2.04. The number of aliphatic imine (C=N–C) groups is 1. The molecule has 0 aliphatic carbocycles. The number of hydrogen-bond acceptors (Lipinski definition) is 5. The van der Waals surface area contributed by atoms with Crippen LogP contribution in [0.15, 0.2) is 9.52 Å². The summed E-state index contributed by atoms with van der Waals surface area (Å²) in [7, 11) is -1.34. The molecule has 7 nitrogen and oxygen atoms in total. The highest BCUT2D eigenvalue weighted by Crippen LogP contribution is 2.25. The maximum absolute atomic E-state index is 12.2. The van der Waals surface area contributed by atoms with Gasteiger partial charge in [0.1, 0.15) is 5.76 Å². The van der Waals surface area contributed by atoms with Crippen molar-refractivity contribution in [2.45, 2.75) is 45.3 Å². The van der Waals surface area contributed by atoms with Crippen molar-refractivity contribution in [1.82, 2.24) is 15.4 Å². The van der Waals surface area contributed by atoms with Gasteiger partial charge in [0.05, 0.1) is 16.2 Å². The average Bonchev–Trinajstić information content (AvgIpc) is 2.82. The van der Waals surface area contributed by atoms with Crippen LogP contribution in [0.5, 0.6) is 0 Å². The van der Waals surface area contributed by atoms with Gasteiger partial charge in [-0.3, -0.25) is 4.99 Å². The van der Waals surface area contributed by atoms with Crippen LogP contribution < -0.4 is 5.32 Å². The van der Waals surface area contributed by atoms with Crippen molar-refractivity contribution in [3.05, 3.63) is 17.0 Å². The number of nitrogens with zero attached hydrogens (tertiary/aromatic N) is 3. The third-order valence-corrected chi connectivity index (χ3v) is 7.24. The van der Waals surface area contributed by atoms with Crippen LogP contribution in [0.25, 0.3) is 0 Å². The van der Waals surface area contributed by atoms with E-state index in [0.29, 0.717) is 19.6 Å². The van der Waals surface area contributed by atoms with Crippen molar-refractivity contribution in [3.63, 3.8) is 0 Å². The lowest BCUT2D eigenvalue weighted by Gasteiger charge is -2.39. The molecule has 0 spiro atoms. The zero-order valence-corrected chi connectivity index (χ0v) is 16.2.